The standard InChI is InChI=1S/C11H11ClFN3.ClH/c1-7(16-6-8(14)5-15-16)11-9(12)3-2-4-10(11)13;/h2-7H,14H2,1H3;1H. The summed E-state index contributed by atoms with van der Waals surface area (Å²) in [6, 6.07) is 4.32. The van der Waals surface area contributed by atoms with Gasteiger partial charge < -0.3 is 5.73 Å². The lowest BCUT2D eigenvalue weighted by atomic mass is 10.1. The van der Waals surface area contributed by atoms with E-state index in [9.17, 15) is 4.39 Å². The highest BCUT2D eigenvalue weighted by molar-refractivity contribution is 6.31. The van der Waals surface area contributed by atoms with Crippen LogP contribution in [0.5, 0.6) is 0 Å². The first-order chi connectivity index (χ1) is 7.59. The predicted molar refractivity (Wildman–Crippen MR) is 69.1 cm³/mol. The third-order valence-corrected chi connectivity index (χ3v) is 2.77. The van der Waals surface area contributed by atoms with E-state index in [1.54, 1.807) is 23.0 Å². The molecule has 2 rings (SSSR count). The second-order valence-electron chi connectivity index (χ2n) is 3.56. The molecule has 17 heavy (non-hydrogen) atoms. The molecule has 0 radical (unpaired) electrons. The van der Waals surface area contributed by atoms with Gasteiger partial charge in [-0.1, -0.05) is 17.7 Å². The van der Waals surface area contributed by atoms with Gasteiger partial charge >= 0.3 is 0 Å². The van der Waals surface area contributed by atoms with E-state index < -0.39 is 0 Å². The van der Waals surface area contributed by atoms with E-state index in [-0.39, 0.29) is 24.3 Å². The topological polar surface area (TPSA) is 43.8 Å². The van der Waals surface area contributed by atoms with Gasteiger partial charge in [-0.25, -0.2) is 4.39 Å². The maximum absolute atomic E-state index is 13.6. The van der Waals surface area contributed by atoms with Gasteiger partial charge in [0.1, 0.15) is 5.82 Å². The van der Waals surface area contributed by atoms with Crippen LogP contribution in [0.15, 0.2) is 30.6 Å². The molecule has 92 valence electrons. The summed E-state index contributed by atoms with van der Waals surface area (Å²) in [5.74, 6) is -0.339. The van der Waals surface area contributed by atoms with E-state index in [0.29, 0.717) is 16.3 Å². The predicted octanol–water partition coefficient (Wildman–Crippen LogP) is 3.29. The van der Waals surface area contributed by atoms with Crippen LogP contribution in [0, 0.1) is 5.82 Å². The Morgan fingerprint density at radius 1 is 1.47 bits per heavy atom. The van der Waals surface area contributed by atoms with Gasteiger partial charge in [0.05, 0.1) is 17.9 Å². The van der Waals surface area contributed by atoms with Gasteiger partial charge in [0, 0.05) is 16.8 Å². The summed E-state index contributed by atoms with van der Waals surface area (Å²) in [5.41, 5.74) is 6.52. The number of nitrogens with two attached hydrogens (primary N) is 1. The summed E-state index contributed by atoms with van der Waals surface area (Å²) in [7, 11) is 0. The Kier molecular flexibility index (Phi) is 4.37. The van der Waals surface area contributed by atoms with Crippen molar-refractivity contribution in [3.05, 3.63) is 47.0 Å². The van der Waals surface area contributed by atoms with E-state index in [1.165, 1.54) is 12.3 Å². The summed E-state index contributed by atoms with van der Waals surface area (Å²) in [6.07, 6.45) is 3.17. The molecule has 6 heteroatoms. The minimum Gasteiger partial charge on any atom is -0.396 e. The number of halogens is 3. The highest BCUT2D eigenvalue weighted by atomic mass is 35.5. The number of hydrogen-bond donors (Lipinski definition) is 1. The number of hydrogen-bond acceptors (Lipinski definition) is 2. The Balaban J connectivity index is 0.00000144. The average Bonchev–Trinajstić information content (AvgIpc) is 2.64. The van der Waals surface area contributed by atoms with E-state index in [0.717, 1.165) is 0 Å². The van der Waals surface area contributed by atoms with Crippen LogP contribution in [0.25, 0.3) is 0 Å². The SMILES string of the molecule is CC(c1c(F)cccc1Cl)n1cc(N)cn1.Cl. The quantitative estimate of drug-likeness (QED) is 0.914. The first-order valence-electron chi connectivity index (χ1n) is 4.83. The van der Waals surface area contributed by atoms with Crippen molar-refractivity contribution in [3.63, 3.8) is 0 Å². The van der Waals surface area contributed by atoms with Crippen LogP contribution in [0.2, 0.25) is 5.02 Å². The maximum atomic E-state index is 13.6. The van der Waals surface area contributed by atoms with Crippen LogP contribution >= 0.6 is 24.0 Å². The molecular weight excluding hydrogens is 264 g/mol. The normalized spacial score (nSPS) is 11.9. The first kappa shape index (κ1) is 13.8. The molecule has 1 unspecified atom stereocenters. The van der Waals surface area contributed by atoms with Crippen LogP contribution in [0.4, 0.5) is 10.1 Å². The summed E-state index contributed by atoms with van der Waals surface area (Å²) >= 11 is 5.97. The van der Waals surface area contributed by atoms with Crippen molar-refractivity contribution >= 4 is 29.7 Å². The highest BCUT2D eigenvalue weighted by Crippen LogP contribution is 2.28. The number of aromatic nitrogens is 2. The number of nitrogens with zero attached hydrogens (tertiary/aromatic N) is 2. The highest BCUT2D eigenvalue weighted by Gasteiger charge is 2.16. The van der Waals surface area contributed by atoms with Crippen molar-refractivity contribution in [1.29, 1.82) is 0 Å². The minimum absolute atomic E-state index is 0. The van der Waals surface area contributed by atoms with Gasteiger partial charge in [0.25, 0.3) is 0 Å². The maximum Gasteiger partial charge on any atom is 0.130 e. The number of nitrogen functional groups attached to an aromatic ring is 1. The molecule has 0 saturated heterocycles. The molecule has 2 N–H and O–H groups in total. The molecule has 2 aromatic rings. The summed E-state index contributed by atoms with van der Waals surface area (Å²) in [6.45, 7) is 1.82. The molecule has 0 spiro atoms. The number of rotatable bonds is 2. The molecule has 0 bridgehead atoms. The number of benzene rings is 1. The number of anilines is 1. The van der Waals surface area contributed by atoms with Gasteiger partial charge in [-0.2, -0.15) is 5.10 Å². The Morgan fingerprint density at radius 2 is 2.18 bits per heavy atom. The van der Waals surface area contributed by atoms with Crippen molar-refractivity contribution < 1.29 is 4.39 Å². The second kappa shape index (κ2) is 5.38. The Morgan fingerprint density at radius 3 is 2.71 bits per heavy atom. The molecule has 0 fully saturated rings. The third kappa shape index (κ3) is 2.70. The molecule has 1 atom stereocenters. The molecular formula is C11H12Cl2FN3. The van der Waals surface area contributed by atoms with Gasteiger partial charge in [-0.3, -0.25) is 4.68 Å². The van der Waals surface area contributed by atoms with Gasteiger partial charge in [-0.15, -0.1) is 12.4 Å². The van der Waals surface area contributed by atoms with Gasteiger partial charge in [-0.05, 0) is 19.1 Å². The molecule has 1 aromatic heterocycles. The molecule has 1 heterocycles. The van der Waals surface area contributed by atoms with Crippen LogP contribution < -0.4 is 5.73 Å². The van der Waals surface area contributed by atoms with Crippen molar-refractivity contribution in [2.24, 2.45) is 0 Å². The average molecular weight is 276 g/mol. The zero-order chi connectivity index (χ0) is 11.7. The fourth-order valence-electron chi connectivity index (χ4n) is 1.61. The van der Waals surface area contributed by atoms with E-state index in [1.807, 2.05) is 6.92 Å². The molecule has 0 aliphatic heterocycles. The molecule has 0 aliphatic rings. The van der Waals surface area contributed by atoms with Crippen LogP contribution in [-0.2, 0) is 0 Å². The summed E-state index contributed by atoms with van der Waals surface area (Å²) < 4.78 is 15.2. The lowest BCUT2D eigenvalue weighted by molar-refractivity contribution is 0.521. The molecule has 3 nitrogen and oxygen atoms in total. The lowest BCUT2D eigenvalue weighted by Gasteiger charge is -2.14. The van der Waals surface area contributed by atoms with E-state index in [4.69, 9.17) is 17.3 Å². The Bertz CT molecular complexity index is 493. The van der Waals surface area contributed by atoms with Crippen LogP contribution in [0.3, 0.4) is 0 Å². The Hall–Kier alpha value is -1.26. The molecule has 0 saturated carbocycles. The first-order valence-corrected chi connectivity index (χ1v) is 5.21. The van der Waals surface area contributed by atoms with Gasteiger partial charge in [0.2, 0.25) is 0 Å². The van der Waals surface area contributed by atoms with Crippen molar-refractivity contribution in [2.75, 3.05) is 5.73 Å². The fourth-order valence-corrected chi connectivity index (χ4v) is 1.93. The van der Waals surface area contributed by atoms with Crippen LogP contribution in [-0.4, -0.2) is 9.78 Å². The van der Waals surface area contributed by atoms with Crippen molar-refractivity contribution in [1.82, 2.24) is 9.78 Å². The summed E-state index contributed by atoms with van der Waals surface area (Å²) in [4.78, 5) is 0. The molecule has 0 amide bonds. The minimum atomic E-state index is -0.339. The van der Waals surface area contributed by atoms with Crippen molar-refractivity contribution in [2.45, 2.75) is 13.0 Å². The van der Waals surface area contributed by atoms with Crippen LogP contribution in [0.1, 0.15) is 18.5 Å². The lowest BCUT2D eigenvalue weighted by Crippen LogP contribution is -2.09. The monoisotopic (exact) mass is 275 g/mol. The zero-order valence-corrected chi connectivity index (χ0v) is 10.7. The summed E-state index contributed by atoms with van der Waals surface area (Å²) in [5, 5.41) is 4.43. The van der Waals surface area contributed by atoms with E-state index in [2.05, 4.69) is 5.10 Å². The largest absolute Gasteiger partial charge is 0.396 e. The Labute approximate surface area is 110 Å². The van der Waals surface area contributed by atoms with Gasteiger partial charge in [0.15, 0.2) is 0 Å². The smallest absolute Gasteiger partial charge is 0.130 e. The molecule has 1 aromatic carbocycles. The fraction of sp³-hybridized carbons (Fsp3) is 0.182. The molecule has 0 aliphatic carbocycles. The second-order valence-corrected chi connectivity index (χ2v) is 3.97. The third-order valence-electron chi connectivity index (χ3n) is 2.44. The van der Waals surface area contributed by atoms with E-state index >= 15 is 0 Å². The zero-order valence-electron chi connectivity index (χ0n) is 9.10. The van der Waals surface area contributed by atoms with Crippen molar-refractivity contribution in [3.8, 4) is 0 Å².